The number of nitrogen functional groups attached to an aromatic ring is 1. The van der Waals surface area contributed by atoms with Crippen LogP contribution >= 0.6 is 11.3 Å². The van der Waals surface area contributed by atoms with E-state index in [-0.39, 0.29) is 30.2 Å². The molecule has 3 aromatic heterocycles. The third kappa shape index (κ3) is 4.77. The highest BCUT2D eigenvalue weighted by Gasteiger charge is 2.35. The van der Waals surface area contributed by atoms with Gasteiger partial charge in [0, 0.05) is 42.1 Å². The predicted molar refractivity (Wildman–Crippen MR) is 144 cm³/mol. The first-order chi connectivity index (χ1) is 17.2. The standard InChI is InChI=1S/C26H35N7O2S/c1-13(2)35-20-12-33(11-19(20)28-5)26-29-10-16-9-17(6-7-18(16)32-26)31-24(34)23-22(27)21-14(3)8-15(4)30-25(21)36-23/h8,10,13,17,19-20,28H,6-7,9,11-12,27H2,1-5H3,(H,31,34)/t17-,19-,20-/m0/s1. The topological polar surface area (TPSA) is 118 Å². The van der Waals surface area contributed by atoms with E-state index >= 15 is 0 Å². The normalized spacial score (nSPS) is 21.8. The van der Waals surface area contributed by atoms with E-state index in [0.29, 0.717) is 17.0 Å². The summed E-state index contributed by atoms with van der Waals surface area (Å²) in [4.78, 5) is 30.8. The van der Waals surface area contributed by atoms with Crippen LogP contribution in [0.5, 0.6) is 0 Å². The SMILES string of the molecule is CN[C@H]1CN(c2ncc3c(n2)CC[C@H](NC(=O)c2sc4nc(C)cc(C)c4c2N)C3)C[C@@H]1OC(C)C. The summed E-state index contributed by atoms with van der Waals surface area (Å²) in [5.41, 5.74) is 11.0. The lowest BCUT2D eigenvalue weighted by molar-refractivity contribution is 0.00767. The number of ether oxygens (including phenoxy) is 1. The fourth-order valence-corrected chi connectivity index (χ4v) is 6.48. The number of nitrogens with two attached hydrogens (primary N) is 1. The summed E-state index contributed by atoms with van der Waals surface area (Å²) in [6.07, 6.45) is 4.54. The first-order valence-electron chi connectivity index (χ1n) is 12.6. The van der Waals surface area contributed by atoms with Crippen molar-refractivity contribution in [3.63, 3.8) is 0 Å². The van der Waals surface area contributed by atoms with Crippen molar-refractivity contribution in [1.29, 1.82) is 0 Å². The highest BCUT2D eigenvalue weighted by Crippen LogP contribution is 2.35. The second-order valence-electron chi connectivity index (χ2n) is 10.2. The average molecular weight is 510 g/mol. The maximum Gasteiger partial charge on any atom is 0.263 e. The molecule has 5 rings (SSSR count). The Hall–Kier alpha value is -2.82. The van der Waals surface area contributed by atoms with Gasteiger partial charge in [0.15, 0.2) is 0 Å². The van der Waals surface area contributed by atoms with E-state index in [2.05, 4.69) is 39.3 Å². The summed E-state index contributed by atoms with van der Waals surface area (Å²) in [6.45, 7) is 9.67. The Morgan fingerprint density at radius 3 is 2.83 bits per heavy atom. The van der Waals surface area contributed by atoms with Gasteiger partial charge < -0.3 is 26.0 Å². The highest BCUT2D eigenvalue weighted by molar-refractivity contribution is 7.21. The van der Waals surface area contributed by atoms with Crippen LogP contribution in [-0.4, -0.2) is 65.3 Å². The number of thiophene rings is 1. The van der Waals surface area contributed by atoms with Crippen LogP contribution in [0.1, 0.15) is 52.5 Å². The molecular weight excluding hydrogens is 474 g/mol. The number of likely N-dealkylation sites (N-methyl/N-ethyl adjacent to an activating group) is 1. The van der Waals surface area contributed by atoms with E-state index in [1.54, 1.807) is 0 Å². The van der Waals surface area contributed by atoms with Gasteiger partial charge in [0.05, 0.1) is 23.9 Å². The third-order valence-electron chi connectivity index (χ3n) is 7.07. The number of nitrogens with one attached hydrogen (secondary N) is 2. The lowest BCUT2D eigenvalue weighted by atomic mass is 9.93. The minimum atomic E-state index is -0.134. The number of aromatic nitrogens is 3. The minimum Gasteiger partial charge on any atom is -0.397 e. The molecule has 0 unspecified atom stereocenters. The summed E-state index contributed by atoms with van der Waals surface area (Å²) in [6, 6.07) is 2.26. The van der Waals surface area contributed by atoms with Gasteiger partial charge in [-0.1, -0.05) is 0 Å². The number of nitrogens with zero attached hydrogens (tertiary/aromatic N) is 4. The Labute approximate surface area is 215 Å². The fraction of sp³-hybridized carbons (Fsp3) is 0.538. The lowest BCUT2D eigenvalue weighted by Crippen LogP contribution is -2.39. The summed E-state index contributed by atoms with van der Waals surface area (Å²) >= 11 is 1.36. The van der Waals surface area contributed by atoms with Crippen LogP contribution < -0.4 is 21.3 Å². The quantitative estimate of drug-likeness (QED) is 0.464. The van der Waals surface area contributed by atoms with E-state index in [0.717, 1.165) is 64.6 Å². The number of amides is 1. The number of hydrogen-bond acceptors (Lipinski definition) is 9. The van der Waals surface area contributed by atoms with Crippen molar-refractivity contribution in [3.8, 4) is 0 Å². The van der Waals surface area contributed by atoms with Crippen molar-refractivity contribution >= 4 is 39.1 Å². The van der Waals surface area contributed by atoms with Crippen LogP contribution in [0.3, 0.4) is 0 Å². The van der Waals surface area contributed by atoms with Gasteiger partial charge in [0.25, 0.3) is 5.91 Å². The van der Waals surface area contributed by atoms with Gasteiger partial charge in [-0.25, -0.2) is 15.0 Å². The maximum atomic E-state index is 13.1. The molecule has 9 nitrogen and oxygen atoms in total. The molecule has 3 aromatic rings. The molecule has 3 atom stereocenters. The van der Waals surface area contributed by atoms with E-state index in [4.69, 9.17) is 15.5 Å². The molecule has 1 aliphatic heterocycles. The summed E-state index contributed by atoms with van der Waals surface area (Å²) in [5.74, 6) is 0.618. The molecule has 192 valence electrons. The summed E-state index contributed by atoms with van der Waals surface area (Å²) < 4.78 is 6.09. The number of anilines is 2. The Morgan fingerprint density at radius 2 is 2.08 bits per heavy atom. The number of rotatable bonds is 6. The van der Waals surface area contributed by atoms with Crippen LogP contribution in [-0.2, 0) is 17.6 Å². The fourth-order valence-electron chi connectivity index (χ4n) is 5.36. The van der Waals surface area contributed by atoms with Gasteiger partial charge >= 0.3 is 0 Å². The molecule has 1 saturated heterocycles. The van der Waals surface area contributed by atoms with Gasteiger partial charge in [-0.15, -0.1) is 11.3 Å². The second kappa shape index (κ2) is 9.91. The lowest BCUT2D eigenvalue weighted by Gasteiger charge is -2.26. The minimum absolute atomic E-state index is 0.0177. The summed E-state index contributed by atoms with van der Waals surface area (Å²) in [7, 11) is 1.97. The van der Waals surface area contributed by atoms with Crippen molar-refractivity contribution < 1.29 is 9.53 Å². The molecule has 36 heavy (non-hydrogen) atoms. The van der Waals surface area contributed by atoms with Gasteiger partial charge in [-0.3, -0.25) is 4.79 Å². The van der Waals surface area contributed by atoms with Crippen LogP contribution in [0, 0.1) is 13.8 Å². The van der Waals surface area contributed by atoms with E-state index in [9.17, 15) is 4.79 Å². The van der Waals surface area contributed by atoms with Crippen LogP contribution in [0.15, 0.2) is 12.3 Å². The first-order valence-corrected chi connectivity index (χ1v) is 13.4. The Kier molecular flexibility index (Phi) is 6.84. The average Bonchev–Trinajstić information content (AvgIpc) is 3.38. The zero-order valence-electron chi connectivity index (χ0n) is 21.6. The van der Waals surface area contributed by atoms with Crippen LogP contribution in [0.2, 0.25) is 0 Å². The molecule has 4 N–H and O–H groups in total. The van der Waals surface area contributed by atoms with Crippen molar-refractivity contribution in [1.82, 2.24) is 25.6 Å². The molecule has 0 spiro atoms. The van der Waals surface area contributed by atoms with Crippen molar-refractivity contribution in [2.45, 2.75) is 71.2 Å². The Morgan fingerprint density at radius 1 is 1.28 bits per heavy atom. The maximum absolute atomic E-state index is 13.1. The van der Waals surface area contributed by atoms with Crippen molar-refractivity contribution in [2.24, 2.45) is 0 Å². The molecule has 4 heterocycles. The Balaban J connectivity index is 1.27. The van der Waals surface area contributed by atoms with Crippen LogP contribution in [0.25, 0.3) is 10.2 Å². The zero-order valence-corrected chi connectivity index (χ0v) is 22.4. The molecule has 1 amide bonds. The number of pyridine rings is 1. The molecule has 0 radical (unpaired) electrons. The monoisotopic (exact) mass is 509 g/mol. The van der Waals surface area contributed by atoms with Crippen LogP contribution in [0.4, 0.5) is 11.6 Å². The molecule has 0 saturated carbocycles. The molecule has 0 aromatic carbocycles. The number of hydrogen-bond donors (Lipinski definition) is 3. The molecule has 1 fully saturated rings. The van der Waals surface area contributed by atoms with Crippen molar-refractivity contribution in [2.75, 3.05) is 30.8 Å². The Bertz CT molecular complexity index is 1290. The molecule has 0 bridgehead atoms. The largest absolute Gasteiger partial charge is 0.397 e. The molecule has 2 aliphatic rings. The number of carbonyl (C=O) groups excluding carboxylic acids is 1. The van der Waals surface area contributed by atoms with Gasteiger partial charge in [0.1, 0.15) is 9.71 Å². The number of fused-ring (bicyclic) bond motifs is 2. The third-order valence-corrected chi connectivity index (χ3v) is 8.17. The predicted octanol–water partition coefficient (Wildman–Crippen LogP) is 2.77. The summed E-state index contributed by atoms with van der Waals surface area (Å²) in [5, 5.41) is 7.44. The van der Waals surface area contributed by atoms with Gasteiger partial charge in [-0.05, 0) is 71.2 Å². The second-order valence-corrected chi connectivity index (χ2v) is 11.2. The number of aryl methyl sites for hydroxylation is 3. The number of carbonyl (C=O) groups is 1. The van der Waals surface area contributed by atoms with E-state index < -0.39 is 0 Å². The first kappa shape index (κ1) is 24.9. The highest BCUT2D eigenvalue weighted by atomic mass is 32.1. The van der Waals surface area contributed by atoms with Gasteiger partial charge in [-0.2, -0.15) is 0 Å². The zero-order chi connectivity index (χ0) is 25.6. The smallest absolute Gasteiger partial charge is 0.263 e. The van der Waals surface area contributed by atoms with E-state index in [1.807, 2.05) is 33.2 Å². The molecule has 1 aliphatic carbocycles. The molecule has 10 heteroatoms. The molecular formula is C26H35N7O2S. The van der Waals surface area contributed by atoms with Crippen molar-refractivity contribution in [3.05, 3.63) is 39.7 Å². The van der Waals surface area contributed by atoms with Gasteiger partial charge in [0.2, 0.25) is 5.95 Å². The van der Waals surface area contributed by atoms with E-state index in [1.165, 1.54) is 11.3 Å².